The molecule has 0 saturated carbocycles. The summed E-state index contributed by atoms with van der Waals surface area (Å²) in [5, 5.41) is 0. The lowest BCUT2D eigenvalue weighted by molar-refractivity contribution is -0.161. The molecule has 0 saturated heterocycles. The SMILES string of the molecule is CCCCC/C=C\C/C=C\CCCCCCCCCCCC(=O)OC(COC(=O)CCCCCCCCC/C=C\CCCCCC)COP(=O)(O)OCCN(C)C. The third kappa shape index (κ3) is 43.6. The van der Waals surface area contributed by atoms with E-state index in [9.17, 15) is 19.0 Å². The zero-order valence-corrected chi connectivity index (χ0v) is 38.2. The van der Waals surface area contributed by atoms with Crippen LogP contribution in [0.25, 0.3) is 0 Å². The molecular weight excluding hydrogens is 737 g/mol. The van der Waals surface area contributed by atoms with Crippen LogP contribution in [-0.4, -0.2) is 68.3 Å². The van der Waals surface area contributed by atoms with Crippen LogP contribution in [0.2, 0.25) is 0 Å². The van der Waals surface area contributed by atoms with E-state index in [2.05, 4.69) is 50.3 Å². The summed E-state index contributed by atoms with van der Waals surface area (Å²) in [4.78, 5) is 37.1. The van der Waals surface area contributed by atoms with Crippen molar-refractivity contribution < 1.29 is 37.6 Å². The van der Waals surface area contributed by atoms with E-state index in [1.54, 1.807) is 0 Å². The van der Waals surface area contributed by atoms with E-state index in [-0.39, 0.29) is 32.0 Å². The Morgan fingerprint density at radius 1 is 0.544 bits per heavy atom. The van der Waals surface area contributed by atoms with Gasteiger partial charge in [0.2, 0.25) is 0 Å². The van der Waals surface area contributed by atoms with Gasteiger partial charge in [-0.05, 0) is 84.7 Å². The number of hydrogen-bond acceptors (Lipinski definition) is 8. The second-order valence-corrected chi connectivity index (χ2v) is 17.4. The number of ether oxygens (including phenoxy) is 2. The highest BCUT2D eigenvalue weighted by Gasteiger charge is 2.26. The van der Waals surface area contributed by atoms with Crippen molar-refractivity contribution in [2.45, 2.75) is 213 Å². The van der Waals surface area contributed by atoms with Gasteiger partial charge in [0, 0.05) is 19.4 Å². The number of rotatable bonds is 43. The van der Waals surface area contributed by atoms with Gasteiger partial charge in [-0.3, -0.25) is 18.6 Å². The van der Waals surface area contributed by atoms with E-state index in [1.807, 2.05) is 19.0 Å². The first-order chi connectivity index (χ1) is 27.7. The predicted molar refractivity (Wildman–Crippen MR) is 238 cm³/mol. The van der Waals surface area contributed by atoms with Gasteiger partial charge in [0.15, 0.2) is 6.10 Å². The van der Waals surface area contributed by atoms with Crippen molar-refractivity contribution in [2.24, 2.45) is 0 Å². The lowest BCUT2D eigenvalue weighted by Gasteiger charge is -2.20. The summed E-state index contributed by atoms with van der Waals surface area (Å²) in [6, 6.07) is 0. The van der Waals surface area contributed by atoms with Gasteiger partial charge in [-0.1, -0.05) is 159 Å². The Labute approximate surface area is 350 Å². The van der Waals surface area contributed by atoms with Crippen LogP contribution in [0, 0.1) is 0 Å². The maximum Gasteiger partial charge on any atom is 0.472 e. The molecule has 0 bridgehead atoms. The first-order valence-corrected chi connectivity index (χ1v) is 24.8. The molecule has 0 aromatic rings. The summed E-state index contributed by atoms with van der Waals surface area (Å²) in [5.74, 6) is -0.809. The monoisotopic (exact) mass is 826 g/mol. The molecule has 0 amide bonds. The molecule has 0 radical (unpaired) electrons. The van der Waals surface area contributed by atoms with Gasteiger partial charge in [0.25, 0.3) is 0 Å². The molecule has 10 heteroatoms. The molecule has 0 aliphatic rings. The van der Waals surface area contributed by atoms with Crippen LogP contribution < -0.4 is 0 Å². The number of carbonyl (C=O) groups is 2. The molecule has 1 N–H and O–H groups in total. The van der Waals surface area contributed by atoms with Crippen LogP contribution in [-0.2, 0) is 32.7 Å². The van der Waals surface area contributed by atoms with E-state index < -0.39 is 26.5 Å². The quantitative estimate of drug-likeness (QED) is 0.0278. The summed E-state index contributed by atoms with van der Waals surface area (Å²) in [5.41, 5.74) is 0. The molecule has 2 unspecified atom stereocenters. The molecule has 0 heterocycles. The first kappa shape index (κ1) is 55.2. The van der Waals surface area contributed by atoms with Crippen molar-refractivity contribution in [1.82, 2.24) is 4.90 Å². The summed E-state index contributed by atoms with van der Waals surface area (Å²) >= 11 is 0. The summed E-state index contributed by atoms with van der Waals surface area (Å²) < 4.78 is 33.5. The van der Waals surface area contributed by atoms with Crippen LogP contribution in [0.4, 0.5) is 0 Å². The van der Waals surface area contributed by atoms with Crippen molar-refractivity contribution in [3.05, 3.63) is 36.5 Å². The average molecular weight is 826 g/mol. The Balaban J connectivity index is 4.25. The minimum Gasteiger partial charge on any atom is -0.462 e. The van der Waals surface area contributed by atoms with Gasteiger partial charge in [0.1, 0.15) is 6.61 Å². The lowest BCUT2D eigenvalue weighted by Crippen LogP contribution is -2.29. The molecule has 0 aromatic heterocycles. The van der Waals surface area contributed by atoms with E-state index >= 15 is 0 Å². The maximum atomic E-state index is 12.7. The van der Waals surface area contributed by atoms with Gasteiger partial charge in [0.05, 0.1) is 13.2 Å². The van der Waals surface area contributed by atoms with Gasteiger partial charge in [-0.2, -0.15) is 0 Å². The lowest BCUT2D eigenvalue weighted by atomic mass is 10.1. The smallest absolute Gasteiger partial charge is 0.462 e. The number of nitrogens with zero attached hydrogens (tertiary/aromatic N) is 1. The number of carbonyl (C=O) groups excluding carboxylic acids is 2. The van der Waals surface area contributed by atoms with E-state index in [0.29, 0.717) is 13.0 Å². The Kier molecular flexibility index (Phi) is 41.0. The fourth-order valence-electron chi connectivity index (χ4n) is 6.30. The van der Waals surface area contributed by atoms with Crippen LogP contribution >= 0.6 is 7.82 Å². The highest BCUT2D eigenvalue weighted by molar-refractivity contribution is 7.47. The van der Waals surface area contributed by atoms with Crippen molar-refractivity contribution in [2.75, 3.05) is 40.5 Å². The Morgan fingerprint density at radius 3 is 1.44 bits per heavy atom. The highest BCUT2D eigenvalue weighted by atomic mass is 31.2. The van der Waals surface area contributed by atoms with Gasteiger partial charge in [-0.15, -0.1) is 0 Å². The van der Waals surface area contributed by atoms with E-state index in [0.717, 1.165) is 57.8 Å². The molecule has 334 valence electrons. The van der Waals surface area contributed by atoms with Crippen molar-refractivity contribution in [3.8, 4) is 0 Å². The van der Waals surface area contributed by atoms with Crippen LogP contribution in [0.3, 0.4) is 0 Å². The third-order valence-corrected chi connectivity index (χ3v) is 10.9. The second-order valence-electron chi connectivity index (χ2n) is 15.9. The minimum absolute atomic E-state index is 0.00594. The highest BCUT2D eigenvalue weighted by Crippen LogP contribution is 2.43. The van der Waals surface area contributed by atoms with Crippen molar-refractivity contribution in [1.29, 1.82) is 0 Å². The zero-order valence-electron chi connectivity index (χ0n) is 37.3. The van der Waals surface area contributed by atoms with Crippen LogP contribution in [0.5, 0.6) is 0 Å². The van der Waals surface area contributed by atoms with Crippen LogP contribution in [0.1, 0.15) is 206 Å². The van der Waals surface area contributed by atoms with Gasteiger partial charge in [-0.25, -0.2) is 4.57 Å². The van der Waals surface area contributed by atoms with Crippen molar-refractivity contribution >= 4 is 19.8 Å². The number of phosphoric acid groups is 1. The van der Waals surface area contributed by atoms with Gasteiger partial charge >= 0.3 is 19.8 Å². The van der Waals surface area contributed by atoms with E-state index in [4.69, 9.17) is 18.5 Å². The van der Waals surface area contributed by atoms with Crippen LogP contribution in [0.15, 0.2) is 36.5 Å². The summed E-state index contributed by atoms with van der Waals surface area (Å²) in [6.07, 6.45) is 46.1. The molecule has 0 spiro atoms. The number of phosphoric ester groups is 1. The number of esters is 2. The molecule has 0 aliphatic heterocycles. The first-order valence-electron chi connectivity index (χ1n) is 23.3. The van der Waals surface area contributed by atoms with E-state index in [1.165, 1.54) is 116 Å². The normalized spacial score (nSPS) is 13.6. The molecule has 0 rings (SSSR count). The number of likely N-dealkylation sites (N-methyl/N-ethyl adjacent to an activating group) is 1. The standard InChI is InChI=1S/C47H88NO8P/c1-5-7-9-11-13-15-17-19-21-22-23-24-26-28-30-32-34-36-38-40-47(50)56-45(44-55-57(51,52)54-42-41-48(3)4)43-53-46(49)39-37-35-33-31-29-27-25-20-18-16-14-12-10-8-6-2/h13,15-16,18-19,21,45H,5-12,14,17,20,22-44H2,1-4H3,(H,51,52)/b15-13-,18-16-,21-19-. The summed E-state index contributed by atoms with van der Waals surface area (Å²) in [7, 11) is -0.714. The minimum atomic E-state index is -4.36. The Morgan fingerprint density at radius 2 is 0.947 bits per heavy atom. The fourth-order valence-corrected chi connectivity index (χ4v) is 7.04. The molecule has 0 aromatic carbocycles. The van der Waals surface area contributed by atoms with Gasteiger partial charge < -0.3 is 19.3 Å². The predicted octanol–water partition coefficient (Wildman–Crippen LogP) is 13.5. The maximum absolute atomic E-state index is 12.7. The fraction of sp³-hybridized carbons (Fsp3) is 0.830. The molecule has 2 atom stereocenters. The topological polar surface area (TPSA) is 112 Å². The molecule has 9 nitrogen and oxygen atoms in total. The number of hydrogen-bond donors (Lipinski definition) is 1. The Bertz CT molecular complexity index is 1050. The number of allylic oxidation sites excluding steroid dienone is 6. The zero-order chi connectivity index (χ0) is 41.9. The number of unbranched alkanes of at least 4 members (excludes halogenated alkanes) is 23. The average Bonchev–Trinajstić information content (AvgIpc) is 3.18. The molecule has 57 heavy (non-hydrogen) atoms. The van der Waals surface area contributed by atoms with Crippen molar-refractivity contribution in [3.63, 3.8) is 0 Å². The second kappa shape index (κ2) is 42.4. The molecular formula is C47H88NO8P. The third-order valence-electron chi connectivity index (χ3n) is 9.92. The Hall–Kier alpha value is -1.77. The molecule has 0 aliphatic carbocycles. The molecule has 0 fully saturated rings. The largest absolute Gasteiger partial charge is 0.472 e. The summed E-state index contributed by atoms with van der Waals surface area (Å²) in [6.45, 7) is 4.29.